The Kier molecular flexibility index (Phi) is 5.65. The zero-order valence-electron chi connectivity index (χ0n) is 19.2. The molecule has 156 valence electrons. The molecule has 28 heavy (non-hydrogen) atoms. The minimum Gasteiger partial charge on any atom is -0.361 e. The van der Waals surface area contributed by atoms with Crippen LogP contribution in [0.4, 0.5) is 11.6 Å². The van der Waals surface area contributed by atoms with Gasteiger partial charge in [-0.1, -0.05) is 0 Å². The summed E-state index contributed by atoms with van der Waals surface area (Å²) >= 11 is 0. The van der Waals surface area contributed by atoms with Gasteiger partial charge in [0.15, 0.2) is 17.3 Å². The summed E-state index contributed by atoms with van der Waals surface area (Å²) in [5.41, 5.74) is 0.736. The highest BCUT2D eigenvalue weighted by Gasteiger charge is 2.44. The molecule has 2 heterocycles. The van der Waals surface area contributed by atoms with Crippen LogP contribution in [0, 0.1) is 6.92 Å². The number of aliphatic imine (C=N–C) groups is 1. The van der Waals surface area contributed by atoms with E-state index in [9.17, 15) is 4.79 Å². The molecule has 0 saturated carbocycles. The standard InChI is InChI=1S/C20H35N7O/c1-13-15(24(6)7)22-16(25(8)9)14(21-13)17(28)23-18-26(10)19(2,3)12-20(4,5)27(18)11/h12H2,1-11H3. The largest absolute Gasteiger partial charge is 0.361 e. The Labute approximate surface area is 169 Å². The third kappa shape index (κ3) is 3.91. The quantitative estimate of drug-likeness (QED) is 0.785. The molecular formula is C20H35N7O. The van der Waals surface area contributed by atoms with Crippen molar-refractivity contribution in [1.82, 2.24) is 19.8 Å². The van der Waals surface area contributed by atoms with E-state index in [1.807, 2.05) is 54.1 Å². The minimum atomic E-state index is -0.383. The number of nitrogens with zero attached hydrogens (tertiary/aromatic N) is 7. The molecule has 8 nitrogen and oxygen atoms in total. The molecular weight excluding hydrogens is 354 g/mol. The minimum absolute atomic E-state index is 0.115. The molecule has 0 N–H and O–H groups in total. The number of amides is 1. The van der Waals surface area contributed by atoms with Crippen LogP contribution < -0.4 is 9.80 Å². The van der Waals surface area contributed by atoms with Crippen LogP contribution in [-0.2, 0) is 0 Å². The first-order valence-electron chi connectivity index (χ1n) is 9.53. The zero-order valence-corrected chi connectivity index (χ0v) is 19.2. The normalized spacial score (nSPS) is 18.2. The Balaban J connectivity index is 2.58. The topological polar surface area (TPSA) is 68.2 Å². The van der Waals surface area contributed by atoms with Gasteiger partial charge in [0.05, 0.1) is 5.69 Å². The van der Waals surface area contributed by atoms with E-state index in [4.69, 9.17) is 0 Å². The lowest BCUT2D eigenvalue weighted by molar-refractivity contribution is 0.0654. The number of guanidine groups is 1. The van der Waals surface area contributed by atoms with Crippen LogP contribution in [0.5, 0.6) is 0 Å². The SMILES string of the molecule is Cc1nc(C(=O)N=C2N(C)C(C)(C)CC(C)(C)N2C)c(N(C)C)nc1N(C)C. The van der Waals surface area contributed by atoms with Crippen molar-refractivity contribution in [3.63, 3.8) is 0 Å². The summed E-state index contributed by atoms with van der Waals surface area (Å²) in [4.78, 5) is 34.8. The Morgan fingerprint density at radius 1 is 0.929 bits per heavy atom. The number of anilines is 2. The Morgan fingerprint density at radius 3 is 1.82 bits per heavy atom. The van der Waals surface area contributed by atoms with Gasteiger partial charge >= 0.3 is 5.91 Å². The van der Waals surface area contributed by atoms with E-state index >= 15 is 0 Å². The predicted octanol–water partition coefficient (Wildman–Crippen LogP) is 2.24. The van der Waals surface area contributed by atoms with Crippen LogP contribution >= 0.6 is 0 Å². The lowest BCUT2D eigenvalue weighted by Crippen LogP contribution is -2.65. The van der Waals surface area contributed by atoms with E-state index in [1.165, 1.54) is 0 Å². The van der Waals surface area contributed by atoms with Gasteiger partial charge in [-0.3, -0.25) is 4.79 Å². The van der Waals surface area contributed by atoms with Crippen molar-refractivity contribution in [3.05, 3.63) is 11.4 Å². The molecule has 1 aromatic rings. The van der Waals surface area contributed by atoms with Gasteiger partial charge in [0, 0.05) is 53.4 Å². The van der Waals surface area contributed by atoms with E-state index in [0.29, 0.717) is 17.5 Å². The first-order valence-corrected chi connectivity index (χ1v) is 9.53. The van der Waals surface area contributed by atoms with Crippen LogP contribution in [0.2, 0.25) is 0 Å². The second-order valence-corrected chi connectivity index (χ2v) is 9.23. The molecule has 8 heteroatoms. The summed E-state index contributed by atoms with van der Waals surface area (Å²) in [7, 11) is 11.5. The highest BCUT2D eigenvalue weighted by atomic mass is 16.1. The van der Waals surface area contributed by atoms with Gasteiger partial charge in [0.25, 0.3) is 0 Å². The summed E-state index contributed by atoms with van der Waals surface area (Å²) < 4.78 is 0. The van der Waals surface area contributed by atoms with E-state index in [1.54, 1.807) is 4.90 Å². The number of hydrogen-bond donors (Lipinski definition) is 0. The zero-order chi connectivity index (χ0) is 21.6. The van der Waals surface area contributed by atoms with E-state index in [0.717, 1.165) is 12.2 Å². The predicted molar refractivity (Wildman–Crippen MR) is 115 cm³/mol. The van der Waals surface area contributed by atoms with E-state index in [-0.39, 0.29) is 22.7 Å². The molecule has 1 amide bonds. The van der Waals surface area contributed by atoms with Gasteiger partial charge in [-0.05, 0) is 41.0 Å². The molecule has 1 fully saturated rings. The summed E-state index contributed by atoms with van der Waals surface area (Å²) in [5, 5.41) is 0. The molecule has 0 radical (unpaired) electrons. The highest BCUT2D eigenvalue weighted by Crippen LogP contribution is 2.35. The van der Waals surface area contributed by atoms with Crippen LogP contribution in [0.1, 0.15) is 50.3 Å². The lowest BCUT2D eigenvalue weighted by atomic mass is 9.82. The first kappa shape index (κ1) is 21.9. The van der Waals surface area contributed by atoms with Crippen molar-refractivity contribution in [2.45, 2.75) is 52.1 Å². The van der Waals surface area contributed by atoms with Crippen LogP contribution in [0.15, 0.2) is 4.99 Å². The van der Waals surface area contributed by atoms with Gasteiger partial charge in [-0.25, -0.2) is 9.97 Å². The molecule has 0 bridgehead atoms. The molecule has 0 spiro atoms. The summed E-state index contributed by atoms with van der Waals surface area (Å²) in [5.74, 6) is 1.52. The Bertz CT molecular complexity index is 774. The summed E-state index contributed by atoms with van der Waals surface area (Å²) in [6.07, 6.45) is 0.958. The second-order valence-electron chi connectivity index (χ2n) is 9.23. The van der Waals surface area contributed by atoms with Crippen molar-refractivity contribution < 1.29 is 4.79 Å². The van der Waals surface area contributed by atoms with Crippen molar-refractivity contribution >= 4 is 23.5 Å². The molecule has 1 aliphatic heterocycles. The molecule has 1 aromatic heterocycles. The number of aromatic nitrogens is 2. The van der Waals surface area contributed by atoms with Crippen molar-refractivity contribution in [2.24, 2.45) is 4.99 Å². The maximum absolute atomic E-state index is 13.2. The molecule has 0 atom stereocenters. The molecule has 0 aromatic carbocycles. The van der Waals surface area contributed by atoms with Crippen molar-refractivity contribution in [1.29, 1.82) is 0 Å². The average Bonchev–Trinajstić information content (AvgIpc) is 2.55. The van der Waals surface area contributed by atoms with Gasteiger partial charge in [0.1, 0.15) is 0 Å². The van der Waals surface area contributed by atoms with E-state index in [2.05, 4.69) is 52.5 Å². The smallest absolute Gasteiger partial charge is 0.302 e. The van der Waals surface area contributed by atoms with Crippen molar-refractivity contribution in [2.75, 3.05) is 52.1 Å². The van der Waals surface area contributed by atoms with Crippen LogP contribution in [0.25, 0.3) is 0 Å². The Morgan fingerprint density at radius 2 is 1.39 bits per heavy atom. The molecule has 1 aliphatic rings. The van der Waals surface area contributed by atoms with Crippen molar-refractivity contribution in [3.8, 4) is 0 Å². The molecule has 1 saturated heterocycles. The number of carbonyl (C=O) groups is 1. The maximum atomic E-state index is 13.2. The molecule has 0 aliphatic carbocycles. The number of aryl methyl sites for hydroxylation is 1. The van der Waals surface area contributed by atoms with Gasteiger partial charge in [-0.2, -0.15) is 4.99 Å². The van der Waals surface area contributed by atoms with Gasteiger partial charge in [-0.15, -0.1) is 0 Å². The third-order valence-corrected chi connectivity index (χ3v) is 5.56. The highest BCUT2D eigenvalue weighted by molar-refractivity contribution is 6.04. The average molecular weight is 390 g/mol. The lowest BCUT2D eigenvalue weighted by Gasteiger charge is -2.54. The van der Waals surface area contributed by atoms with Crippen LogP contribution in [-0.4, -0.2) is 85.0 Å². The number of hydrogen-bond acceptors (Lipinski definition) is 5. The van der Waals surface area contributed by atoms with Gasteiger partial charge < -0.3 is 19.6 Å². The fraction of sp³-hybridized carbons (Fsp3) is 0.700. The maximum Gasteiger partial charge on any atom is 0.302 e. The fourth-order valence-corrected chi connectivity index (χ4v) is 3.74. The van der Waals surface area contributed by atoms with E-state index < -0.39 is 0 Å². The third-order valence-electron chi connectivity index (χ3n) is 5.56. The fourth-order valence-electron chi connectivity index (χ4n) is 3.74. The molecule has 0 unspecified atom stereocenters. The van der Waals surface area contributed by atoms with Gasteiger partial charge in [0.2, 0.25) is 5.96 Å². The molecule has 2 rings (SSSR count). The second kappa shape index (κ2) is 7.22. The first-order chi connectivity index (χ1) is 12.7. The van der Waals surface area contributed by atoms with Crippen LogP contribution in [0.3, 0.4) is 0 Å². The number of carbonyl (C=O) groups excluding carboxylic acids is 1. The summed E-state index contributed by atoms with van der Waals surface area (Å²) in [6, 6.07) is 0. The summed E-state index contributed by atoms with van der Waals surface area (Å²) in [6.45, 7) is 10.5. The number of rotatable bonds is 3. The Hall–Kier alpha value is -2.38. The monoisotopic (exact) mass is 389 g/mol.